The molecule has 0 bridgehead atoms. The van der Waals surface area contributed by atoms with E-state index in [1.54, 1.807) is 60.7 Å². The second-order valence-electron chi connectivity index (χ2n) is 6.99. The van der Waals surface area contributed by atoms with E-state index in [0.29, 0.717) is 39.8 Å². The van der Waals surface area contributed by atoms with Crippen LogP contribution in [0.1, 0.15) is 27.6 Å². The topological polar surface area (TPSA) is 103 Å². The van der Waals surface area contributed by atoms with E-state index in [1.807, 2.05) is 6.07 Å². The Labute approximate surface area is 184 Å². The highest BCUT2D eigenvalue weighted by atomic mass is 16.7. The van der Waals surface area contributed by atoms with Gasteiger partial charge in [-0.05, 0) is 49.4 Å². The van der Waals surface area contributed by atoms with Gasteiger partial charge in [-0.3, -0.25) is 14.4 Å². The Morgan fingerprint density at radius 3 is 2.28 bits per heavy atom. The number of rotatable bonds is 7. The third-order valence-corrected chi connectivity index (χ3v) is 4.68. The van der Waals surface area contributed by atoms with Crippen LogP contribution in [0.15, 0.2) is 66.7 Å². The van der Waals surface area contributed by atoms with Gasteiger partial charge in [-0.2, -0.15) is 0 Å². The van der Waals surface area contributed by atoms with E-state index >= 15 is 0 Å². The van der Waals surface area contributed by atoms with E-state index in [1.165, 1.54) is 6.92 Å². The van der Waals surface area contributed by atoms with E-state index in [9.17, 15) is 14.4 Å². The van der Waals surface area contributed by atoms with Crippen LogP contribution in [0, 0.1) is 0 Å². The molecule has 2 N–H and O–H groups in total. The first kappa shape index (κ1) is 20.9. The predicted octanol–water partition coefficient (Wildman–Crippen LogP) is 3.89. The van der Waals surface area contributed by atoms with E-state index in [0.717, 1.165) is 0 Å². The van der Waals surface area contributed by atoms with Gasteiger partial charge in [-0.1, -0.05) is 18.2 Å². The number of anilines is 2. The molecule has 0 aliphatic carbocycles. The van der Waals surface area contributed by atoms with E-state index in [2.05, 4.69) is 10.6 Å². The van der Waals surface area contributed by atoms with Gasteiger partial charge in [0.05, 0.1) is 5.69 Å². The third kappa shape index (κ3) is 4.86. The number of hydrogen-bond acceptors (Lipinski definition) is 6. The Bertz CT molecular complexity index is 1160. The average Bonchev–Trinajstić information content (AvgIpc) is 3.26. The first-order valence-corrected chi connectivity index (χ1v) is 9.83. The van der Waals surface area contributed by atoms with Crippen molar-refractivity contribution in [1.29, 1.82) is 0 Å². The van der Waals surface area contributed by atoms with E-state index in [-0.39, 0.29) is 25.1 Å². The van der Waals surface area contributed by atoms with E-state index in [4.69, 9.17) is 14.2 Å². The molecular weight excluding hydrogens is 412 g/mol. The van der Waals surface area contributed by atoms with Gasteiger partial charge >= 0.3 is 0 Å². The van der Waals surface area contributed by atoms with Crippen LogP contribution in [-0.2, 0) is 4.79 Å². The number of carbonyl (C=O) groups excluding carboxylic acids is 3. The first-order valence-electron chi connectivity index (χ1n) is 9.83. The highest BCUT2D eigenvalue weighted by molar-refractivity contribution is 6.05. The largest absolute Gasteiger partial charge is 0.484 e. The third-order valence-electron chi connectivity index (χ3n) is 4.68. The van der Waals surface area contributed by atoms with Crippen LogP contribution < -0.4 is 24.8 Å². The second kappa shape index (κ2) is 9.22. The number of amides is 2. The molecule has 1 heterocycles. The monoisotopic (exact) mass is 432 g/mol. The zero-order chi connectivity index (χ0) is 22.5. The molecule has 0 radical (unpaired) electrons. The molecule has 0 aromatic heterocycles. The highest BCUT2D eigenvalue weighted by Gasteiger charge is 2.20. The Morgan fingerprint density at radius 2 is 1.59 bits per heavy atom. The van der Waals surface area contributed by atoms with Gasteiger partial charge in [0.15, 0.2) is 23.9 Å². The minimum Gasteiger partial charge on any atom is -0.484 e. The van der Waals surface area contributed by atoms with Gasteiger partial charge in [0.25, 0.3) is 11.8 Å². The molecule has 0 saturated heterocycles. The molecule has 3 aromatic carbocycles. The number of ketones is 1. The van der Waals surface area contributed by atoms with Crippen molar-refractivity contribution in [3.05, 3.63) is 77.9 Å². The van der Waals surface area contributed by atoms with Crippen molar-refractivity contribution >= 4 is 29.0 Å². The summed E-state index contributed by atoms with van der Waals surface area (Å²) in [5, 5.41) is 5.46. The normalized spacial score (nSPS) is 11.5. The molecule has 1 aliphatic rings. The van der Waals surface area contributed by atoms with Crippen LogP contribution in [0.25, 0.3) is 0 Å². The van der Waals surface area contributed by atoms with Crippen LogP contribution in [0.4, 0.5) is 11.4 Å². The molecule has 0 saturated carbocycles. The summed E-state index contributed by atoms with van der Waals surface area (Å²) < 4.78 is 16.1. The van der Waals surface area contributed by atoms with E-state index < -0.39 is 5.91 Å². The van der Waals surface area contributed by atoms with Gasteiger partial charge in [-0.15, -0.1) is 0 Å². The minimum atomic E-state index is -0.437. The molecule has 32 heavy (non-hydrogen) atoms. The Balaban J connectivity index is 1.34. The molecule has 2 amide bonds. The molecular formula is C24H20N2O6. The molecule has 3 aromatic rings. The van der Waals surface area contributed by atoms with Gasteiger partial charge in [0.2, 0.25) is 6.79 Å². The Hall–Kier alpha value is -4.33. The van der Waals surface area contributed by atoms with Crippen molar-refractivity contribution in [1.82, 2.24) is 0 Å². The van der Waals surface area contributed by atoms with Gasteiger partial charge in [-0.25, -0.2) is 0 Å². The summed E-state index contributed by atoms with van der Waals surface area (Å²) in [5.74, 6) is 0.503. The van der Waals surface area contributed by atoms with Crippen LogP contribution in [0.5, 0.6) is 17.2 Å². The van der Waals surface area contributed by atoms with Crippen molar-refractivity contribution in [2.75, 3.05) is 24.0 Å². The number of nitrogens with one attached hydrogen (secondary N) is 2. The SMILES string of the molecule is CC(=O)c1cc2c(cc1NC(=O)COc1ccc(NC(=O)c3ccccc3)cc1)OCO2. The maximum absolute atomic E-state index is 12.4. The van der Waals surface area contributed by atoms with Crippen molar-refractivity contribution in [3.8, 4) is 17.2 Å². The average molecular weight is 432 g/mol. The fraction of sp³-hybridized carbons (Fsp3) is 0.125. The number of carbonyl (C=O) groups is 3. The lowest BCUT2D eigenvalue weighted by Crippen LogP contribution is -2.21. The van der Waals surface area contributed by atoms with Crippen LogP contribution >= 0.6 is 0 Å². The van der Waals surface area contributed by atoms with Crippen molar-refractivity contribution in [2.45, 2.75) is 6.92 Å². The molecule has 0 fully saturated rings. The number of benzene rings is 3. The minimum absolute atomic E-state index is 0.0645. The highest BCUT2D eigenvalue weighted by Crippen LogP contribution is 2.37. The molecule has 0 spiro atoms. The summed E-state index contributed by atoms with van der Waals surface area (Å²) in [4.78, 5) is 36.5. The quantitative estimate of drug-likeness (QED) is 0.549. The Kier molecular flexibility index (Phi) is 6.03. The Morgan fingerprint density at radius 1 is 0.906 bits per heavy atom. The zero-order valence-electron chi connectivity index (χ0n) is 17.2. The van der Waals surface area contributed by atoms with Crippen LogP contribution in [-0.4, -0.2) is 31.0 Å². The van der Waals surface area contributed by atoms with Crippen molar-refractivity contribution in [2.24, 2.45) is 0 Å². The summed E-state index contributed by atoms with van der Waals surface area (Å²) in [5.41, 5.74) is 1.80. The molecule has 8 nitrogen and oxygen atoms in total. The molecule has 1 aliphatic heterocycles. The zero-order valence-corrected chi connectivity index (χ0v) is 17.2. The van der Waals surface area contributed by atoms with Crippen LogP contribution in [0.3, 0.4) is 0 Å². The first-order chi connectivity index (χ1) is 15.5. The summed E-state index contributed by atoms with van der Waals surface area (Å²) in [7, 11) is 0. The lowest BCUT2D eigenvalue weighted by Gasteiger charge is -2.12. The van der Waals surface area contributed by atoms with Gasteiger partial charge < -0.3 is 24.8 Å². The standard InChI is InChI=1S/C24H20N2O6/c1-15(27)19-11-21-22(32-14-31-21)12-20(19)26-23(28)13-30-18-9-7-17(8-10-18)25-24(29)16-5-3-2-4-6-16/h2-12H,13-14H2,1H3,(H,25,29)(H,26,28). The molecule has 0 atom stereocenters. The van der Waals surface area contributed by atoms with Crippen molar-refractivity contribution < 1.29 is 28.6 Å². The fourth-order valence-electron chi connectivity index (χ4n) is 3.10. The molecule has 4 rings (SSSR count). The number of fused-ring (bicyclic) bond motifs is 1. The lowest BCUT2D eigenvalue weighted by atomic mass is 10.1. The van der Waals surface area contributed by atoms with Crippen LogP contribution in [0.2, 0.25) is 0 Å². The number of ether oxygens (including phenoxy) is 3. The predicted molar refractivity (Wildman–Crippen MR) is 118 cm³/mol. The maximum Gasteiger partial charge on any atom is 0.262 e. The fourth-order valence-corrected chi connectivity index (χ4v) is 3.10. The maximum atomic E-state index is 12.4. The molecule has 0 unspecified atom stereocenters. The smallest absolute Gasteiger partial charge is 0.262 e. The molecule has 162 valence electrons. The summed E-state index contributed by atoms with van der Waals surface area (Å²) in [6, 6.07) is 18.6. The summed E-state index contributed by atoms with van der Waals surface area (Å²) >= 11 is 0. The summed E-state index contributed by atoms with van der Waals surface area (Å²) in [6.07, 6.45) is 0. The summed E-state index contributed by atoms with van der Waals surface area (Å²) in [6.45, 7) is 1.21. The van der Waals surface area contributed by atoms with Gasteiger partial charge in [0.1, 0.15) is 5.75 Å². The van der Waals surface area contributed by atoms with Gasteiger partial charge in [0, 0.05) is 22.9 Å². The number of Topliss-reactive ketones (excluding diaryl/α,β-unsaturated/α-hetero) is 1. The lowest BCUT2D eigenvalue weighted by molar-refractivity contribution is -0.118. The second-order valence-corrected chi connectivity index (χ2v) is 6.99. The van der Waals surface area contributed by atoms with Crippen molar-refractivity contribution in [3.63, 3.8) is 0 Å². The molecule has 8 heteroatoms. The number of hydrogen-bond donors (Lipinski definition) is 2.